The zero-order valence-corrected chi connectivity index (χ0v) is 19.2. The minimum Gasteiger partial charge on any atom is -0.496 e. The first-order chi connectivity index (χ1) is 16.5. The Hall–Kier alpha value is -3.82. The summed E-state index contributed by atoms with van der Waals surface area (Å²) in [5.74, 6) is 0.756. The second kappa shape index (κ2) is 10.4. The van der Waals surface area contributed by atoms with E-state index in [0.717, 1.165) is 22.4 Å². The number of ether oxygens (including phenoxy) is 2. The molecule has 174 valence electrons. The molecule has 1 aliphatic rings. The van der Waals surface area contributed by atoms with E-state index in [4.69, 9.17) is 14.7 Å². The van der Waals surface area contributed by atoms with Crippen molar-refractivity contribution < 1.29 is 19.4 Å². The predicted octanol–water partition coefficient (Wildman–Crippen LogP) is 5.46. The third-order valence-corrected chi connectivity index (χ3v) is 6.64. The number of hydrogen-bond donors (Lipinski definition) is 1. The SMILES string of the molecule is COc1ccc(-c2ccc(C#N)cc2)cc1COCC1(c2ccccc2)CCN(C(=O)O)CC1. The molecule has 1 fully saturated rings. The highest BCUT2D eigenvalue weighted by molar-refractivity contribution is 5.66. The van der Waals surface area contributed by atoms with Gasteiger partial charge in [0, 0.05) is 24.1 Å². The maximum absolute atomic E-state index is 11.4. The first kappa shape index (κ1) is 23.3. The van der Waals surface area contributed by atoms with Crippen molar-refractivity contribution in [3.05, 3.63) is 89.5 Å². The number of nitriles is 1. The van der Waals surface area contributed by atoms with E-state index in [1.807, 2.05) is 54.6 Å². The van der Waals surface area contributed by atoms with Gasteiger partial charge in [0.1, 0.15) is 5.75 Å². The Kier molecular flexibility index (Phi) is 7.15. The molecule has 0 atom stereocenters. The Labute approximate surface area is 200 Å². The number of hydrogen-bond acceptors (Lipinski definition) is 4. The van der Waals surface area contributed by atoms with Crippen LogP contribution in [0.5, 0.6) is 5.75 Å². The van der Waals surface area contributed by atoms with E-state index in [9.17, 15) is 9.90 Å². The molecule has 3 aromatic carbocycles. The van der Waals surface area contributed by atoms with Crippen LogP contribution < -0.4 is 4.74 Å². The molecule has 0 unspecified atom stereocenters. The van der Waals surface area contributed by atoms with E-state index in [1.165, 1.54) is 10.5 Å². The Morgan fingerprint density at radius 1 is 1.03 bits per heavy atom. The number of nitrogens with zero attached hydrogens (tertiary/aromatic N) is 2. The van der Waals surface area contributed by atoms with Crippen molar-refractivity contribution in [2.45, 2.75) is 24.9 Å². The van der Waals surface area contributed by atoms with Gasteiger partial charge < -0.3 is 19.5 Å². The van der Waals surface area contributed by atoms with Crippen molar-refractivity contribution >= 4 is 6.09 Å². The quantitative estimate of drug-likeness (QED) is 0.510. The fourth-order valence-corrected chi connectivity index (χ4v) is 4.60. The van der Waals surface area contributed by atoms with Crippen LogP contribution in [0.1, 0.15) is 29.5 Å². The highest BCUT2D eigenvalue weighted by atomic mass is 16.5. The molecule has 6 nitrogen and oxygen atoms in total. The molecular formula is C28H28N2O4. The Balaban J connectivity index is 1.52. The molecule has 1 amide bonds. The topological polar surface area (TPSA) is 82.8 Å². The lowest BCUT2D eigenvalue weighted by Crippen LogP contribution is -2.47. The summed E-state index contributed by atoms with van der Waals surface area (Å²) in [6, 6.07) is 25.9. The van der Waals surface area contributed by atoms with Gasteiger partial charge in [0.15, 0.2) is 0 Å². The van der Waals surface area contributed by atoms with E-state index < -0.39 is 6.09 Å². The molecule has 1 heterocycles. The molecule has 0 saturated carbocycles. The molecule has 0 spiro atoms. The molecule has 1 N–H and O–H groups in total. The molecule has 0 aromatic heterocycles. The fourth-order valence-electron chi connectivity index (χ4n) is 4.60. The summed E-state index contributed by atoms with van der Waals surface area (Å²) >= 11 is 0. The average molecular weight is 457 g/mol. The number of rotatable bonds is 7. The highest BCUT2D eigenvalue weighted by Crippen LogP contribution is 2.37. The summed E-state index contributed by atoms with van der Waals surface area (Å²) in [6.07, 6.45) is 0.559. The van der Waals surface area contributed by atoms with Crippen LogP contribution in [-0.4, -0.2) is 42.9 Å². The van der Waals surface area contributed by atoms with Gasteiger partial charge in [-0.2, -0.15) is 5.26 Å². The van der Waals surface area contributed by atoms with Crippen molar-refractivity contribution in [2.24, 2.45) is 0 Å². The lowest BCUT2D eigenvalue weighted by molar-refractivity contribution is 0.0362. The minimum absolute atomic E-state index is 0.231. The first-order valence-electron chi connectivity index (χ1n) is 11.3. The number of amides is 1. The molecule has 6 heteroatoms. The largest absolute Gasteiger partial charge is 0.496 e. The van der Waals surface area contributed by atoms with Gasteiger partial charge in [0.25, 0.3) is 0 Å². The van der Waals surface area contributed by atoms with Crippen LogP contribution in [0.4, 0.5) is 4.79 Å². The van der Waals surface area contributed by atoms with Crippen molar-refractivity contribution in [3.63, 3.8) is 0 Å². The summed E-state index contributed by atoms with van der Waals surface area (Å²) < 4.78 is 11.9. The number of carbonyl (C=O) groups is 1. The van der Waals surface area contributed by atoms with Gasteiger partial charge in [0.2, 0.25) is 0 Å². The maximum Gasteiger partial charge on any atom is 0.407 e. The van der Waals surface area contributed by atoms with E-state index >= 15 is 0 Å². The van der Waals surface area contributed by atoms with Crippen LogP contribution in [0.3, 0.4) is 0 Å². The molecular weight excluding hydrogens is 428 g/mol. The lowest BCUT2D eigenvalue weighted by atomic mass is 9.73. The van der Waals surface area contributed by atoms with Crippen molar-refractivity contribution in [1.82, 2.24) is 4.90 Å². The summed E-state index contributed by atoms with van der Waals surface area (Å²) in [6.45, 7) is 1.86. The molecule has 1 aliphatic heterocycles. The van der Waals surface area contributed by atoms with Gasteiger partial charge >= 0.3 is 6.09 Å². The van der Waals surface area contributed by atoms with Crippen LogP contribution in [0.15, 0.2) is 72.8 Å². The standard InChI is InChI=1S/C28H28N2O4/c1-33-26-12-11-23(22-9-7-21(18-29)8-10-22)17-24(26)19-34-20-28(25-5-3-2-4-6-25)13-15-30(16-14-28)27(31)32/h2-12,17H,13-16,19-20H2,1H3,(H,31,32). The lowest BCUT2D eigenvalue weighted by Gasteiger charge is -2.41. The molecule has 0 aliphatic carbocycles. The van der Waals surface area contributed by atoms with Crippen LogP contribution in [0, 0.1) is 11.3 Å². The third kappa shape index (κ3) is 5.05. The van der Waals surface area contributed by atoms with Crippen LogP contribution >= 0.6 is 0 Å². The monoisotopic (exact) mass is 456 g/mol. The van der Waals surface area contributed by atoms with Crippen LogP contribution in [0.25, 0.3) is 11.1 Å². The molecule has 1 saturated heterocycles. The molecule has 34 heavy (non-hydrogen) atoms. The summed E-state index contributed by atoms with van der Waals surface area (Å²) in [4.78, 5) is 12.9. The predicted molar refractivity (Wildman–Crippen MR) is 130 cm³/mol. The molecule has 4 rings (SSSR count). The normalized spacial score (nSPS) is 14.9. The maximum atomic E-state index is 11.4. The molecule has 3 aromatic rings. The van der Waals surface area contributed by atoms with Crippen LogP contribution in [0.2, 0.25) is 0 Å². The van der Waals surface area contributed by atoms with Gasteiger partial charge in [0.05, 0.1) is 32.0 Å². The number of benzene rings is 3. The van der Waals surface area contributed by atoms with Gasteiger partial charge in [-0.1, -0.05) is 48.5 Å². The van der Waals surface area contributed by atoms with Gasteiger partial charge in [-0.05, 0) is 53.8 Å². The summed E-state index contributed by atoms with van der Waals surface area (Å²) in [5.41, 5.74) is 4.56. The number of carboxylic acid groups (broad SMARTS) is 1. The highest BCUT2D eigenvalue weighted by Gasteiger charge is 2.37. The fraction of sp³-hybridized carbons (Fsp3) is 0.286. The number of likely N-dealkylation sites (tertiary alicyclic amines) is 1. The van der Waals surface area contributed by atoms with Crippen LogP contribution in [-0.2, 0) is 16.8 Å². The Morgan fingerprint density at radius 2 is 1.71 bits per heavy atom. The van der Waals surface area contributed by atoms with Crippen molar-refractivity contribution in [2.75, 3.05) is 26.8 Å². The average Bonchev–Trinajstić information content (AvgIpc) is 2.89. The third-order valence-electron chi connectivity index (χ3n) is 6.64. The second-order valence-corrected chi connectivity index (χ2v) is 8.62. The summed E-state index contributed by atoms with van der Waals surface area (Å²) in [7, 11) is 1.65. The Morgan fingerprint density at radius 3 is 2.32 bits per heavy atom. The van der Waals surface area contributed by atoms with Crippen molar-refractivity contribution in [1.29, 1.82) is 5.26 Å². The smallest absolute Gasteiger partial charge is 0.407 e. The molecule has 0 bridgehead atoms. The Bertz CT molecular complexity index is 1160. The number of piperidine rings is 1. The van der Waals surface area contributed by atoms with Crippen molar-refractivity contribution in [3.8, 4) is 22.9 Å². The van der Waals surface area contributed by atoms with Gasteiger partial charge in [-0.15, -0.1) is 0 Å². The van der Waals surface area contributed by atoms with E-state index in [1.54, 1.807) is 7.11 Å². The number of methoxy groups -OCH3 is 1. The van der Waals surface area contributed by atoms with E-state index in [-0.39, 0.29) is 5.41 Å². The zero-order valence-electron chi connectivity index (χ0n) is 19.2. The second-order valence-electron chi connectivity index (χ2n) is 8.62. The van der Waals surface area contributed by atoms with Gasteiger partial charge in [-0.3, -0.25) is 0 Å². The molecule has 0 radical (unpaired) electrons. The zero-order chi connectivity index (χ0) is 24.0. The minimum atomic E-state index is -0.869. The van der Waals surface area contributed by atoms with Gasteiger partial charge in [-0.25, -0.2) is 4.79 Å². The van der Waals surface area contributed by atoms with E-state index in [2.05, 4.69) is 24.3 Å². The van der Waals surface area contributed by atoms with E-state index in [0.29, 0.717) is 44.7 Å². The summed E-state index contributed by atoms with van der Waals surface area (Å²) in [5, 5.41) is 18.4. The first-order valence-corrected chi connectivity index (χ1v) is 11.3.